The molecule has 0 aliphatic carbocycles. The smallest absolute Gasteiger partial charge is 0.321 e. The normalized spacial score (nSPS) is 14.2. The van der Waals surface area contributed by atoms with Gasteiger partial charge in [-0.25, -0.2) is 4.79 Å². The Bertz CT molecular complexity index is 731. The van der Waals surface area contributed by atoms with Crippen molar-refractivity contribution in [3.63, 3.8) is 0 Å². The number of likely N-dealkylation sites (tertiary alicyclic amines) is 1. The number of urea groups is 1. The average Bonchev–Trinajstić information content (AvgIpc) is 2.51. The second-order valence-corrected chi connectivity index (χ2v) is 6.45. The fraction of sp³-hybridized carbons (Fsp3) is 0.235. The lowest BCUT2D eigenvalue weighted by Crippen LogP contribution is -2.53. The van der Waals surface area contributed by atoms with Crippen molar-refractivity contribution in [3.8, 4) is 11.5 Å². The number of nitrogens with zero attached hydrogens (tertiary/aromatic N) is 1. The molecule has 3 rings (SSSR count). The summed E-state index contributed by atoms with van der Waals surface area (Å²) in [5, 5.41) is 12.9. The number of anilines is 1. The average molecular weight is 367 g/mol. The van der Waals surface area contributed by atoms with Gasteiger partial charge in [-0.3, -0.25) is 0 Å². The number of benzene rings is 2. The number of carbonyl (C=O) groups is 1. The Hall–Kier alpha value is -2.11. The van der Waals surface area contributed by atoms with Crippen molar-refractivity contribution in [2.75, 3.05) is 25.0 Å². The van der Waals surface area contributed by atoms with Crippen LogP contribution >= 0.6 is 23.2 Å². The predicted octanol–water partition coefficient (Wildman–Crippen LogP) is 4.24. The summed E-state index contributed by atoms with van der Waals surface area (Å²) in [5.41, 5.74) is 0.609. The summed E-state index contributed by atoms with van der Waals surface area (Å²) >= 11 is 11.8. The van der Waals surface area contributed by atoms with Crippen LogP contribution in [0.4, 0.5) is 10.5 Å². The molecule has 0 spiro atoms. The fourth-order valence-corrected chi connectivity index (χ4v) is 2.67. The van der Waals surface area contributed by atoms with E-state index in [0.717, 1.165) is 0 Å². The van der Waals surface area contributed by atoms with Gasteiger partial charge in [0.15, 0.2) is 0 Å². The summed E-state index contributed by atoms with van der Waals surface area (Å²) in [5.74, 6) is 1.20. The highest BCUT2D eigenvalue weighted by molar-refractivity contribution is 6.42. The van der Waals surface area contributed by atoms with Crippen LogP contribution in [0.2, 0.25) is 10.0 Å². The Balaban J connectivity index is 1.43. The number of rotatable bonds is 4. The van der Waals surface area contributed by atoms with Crippen LogP contribution in [-0.4, -0.2) is 35.7 Å². The van der Waals surface area contributed by atoms with Crippen molar-refractivity contribution < 1.29 is 14.6 Å². The number of nitrogens with one attached hydrogen (secondary N) is 1. The van der Waals surface area contributed by atoms with Crippen LogP contribution < -0.4 is 10.1 Å². The summed E-state index contributed by atoms with van der Waals surface area (Å²) in [6.45, 7) is 1.79. The van der Waals surface area contributed by atoms with E-state index in [-0.39, 0.29) is 11.8 Å². The summed E-state index contributed by atoms with van der Waals surface area (Å²) < 4.78 is 5.64. The molecule has 0 bridgehead atoms. The van der Waals surface area contributed by atoms with Crippen molar-refractivity contribution in [3.05, 3.63) is 52.5 Å². The van der Waals surface area contributed by atoms with Gasteiger partial charge >= 0.3 is 6.03 Å². The Morgan fingerprint density at radius 2 is 1.88 bits per heavy atom. The monoisotopic (exact) mass is 366 g/mol. The Labute approximate surface area is 149 Å². The molecule has 2 N–H and O–H groups in total. The number of halogens is 2. The molecule has 7 heteroatoms. The van der Waals surface area contributed by atoms with Gasteiger partial charge in [-0.2, -0.15) is 0 Å². The topological polar surface area (TPSA) is 61.8 Å². The number of hydrogen-bond acceptors (Lipinski definition) is 3. The number of ether oxygens (including phenoxy) is 1. The van der Waals surface area contributed by atoms with E-state index in [1.54, 1.807) is 47.4 Å². The molecular weight excluding hydrogens is 351 g/mol. The van der Waals surface area contributed by atoms with Gasteiger partial charge in [0, 0.05) is 24.7 Å². The molecular formula is C17H16Cl2N2O3. The van der Waals surface area contributed by atoms with Gasteiger partial charge in [-0.15, -0.1) is 0 Å². The zero-order valence-electron chi connectivity index (χ0n) is 12.7. The molecule has 0 radical (unpaired) electrons. The summed E-state index contributed by atoms with van der Waals surface area (Å²) in [6, 6.07) is 11.4. The van der Waals surface area contributed by atoms with Crippen molar-refractivity contribution in [1.82, 2.24) is 4.90 Å². The summed E-state index contributed by atoms with van der Waals surface area (Å²) in [6.07, 6.45) is 0. The first-order chi connectivity index (χ1) is 11.5. The maximum atomic E-state index is 12.1. The first-order valence-corrected chi connectivity index (χ1v) is 8.19. The summed E-state index contributed by atoms with van der Waals surface area (Å²) in [7, 11) is 0. The molecule has 2 amide bonds. The van der Waals surface area contributed by atoms with Crippen molar-refractivity contribution in [2.24, 2.45) is 5.92 Å². The van der Waals surface area contributed by atoms with E-state index in [2.05, 4.69) is 5.32 Å². The van der Waals surface area contributed by atoms with Crippen LogP contribution in [0.5, 0.6) is 11.5 Å². The fourth-order valence-electron chi connectivity index (χ4n) is 2.37. The third-order valence-corrected chi connectivity index (χ3v) is 4.48. The van der Waals surface area contributed by atoms with E-state index < -0.39 is 0 Å². The van der Waals surface area contributed by atoms with Gasteiger partial charge in [0.1, 0.15) is 11.5 Å². The number of phenols is 1. The molecule has 1 aliphatic rings. The van der Waals surface area contributed by atoms with Crippen LogP contribution in [0.3, 0.4) is 0 Å². The quantitative estimate of drug-likeness (QED) is 0.850. The van der Waals surface area contributed by atoms with Gasteiger partial charge in [0.05, 0.1) is 16.7 Å². The highest BCUT2D eigenvalue weighted by Crippen LogP contribution is 2.26. The molecule has 2 aromatic carbocycles. The molecule has 1 aliphatic heterocycles. The molecule has 2 aromatic rings. The third-order valence-electron chi connectivity index (χ3n) is 3.74. The van der Waals surface area contributed by atoms with E-state index >= 15 is 0 Å². The van der Waals surface area contributed by atoms with Crippen LogP contribution in [0.15, 0.2) is 42.5 Å². The standard InChI is InChI=1S/C17H16Cl2N2O3/c18-15-6-1-12(7-16(15)19)20-17(23)21-8-11(9-21)10-24-14-4-2-13(22)3-5-14/h1-7,11,22H,8-10H2,(H,20,23). The van der Waals surface area contributed by atoms with Crippen LogP contribution in [-0.2, 0) is 0 Å². The molecule has 5 nitrogen and oxygen atoms in total. The third kappa shape index (κ3) is 4.04. The maximum Gasteiger partial charge on any atom is 0.321 e. The summed E-state index contributed by atoms with van der Waals surface area (Å²) in [4.78, 5) is 13.8. The lowest BCUT2D eigenvalue weighted by molar-refractivity contribution is 0.0924. The van der Waals surface area contributed by atoms with Gasteiger partial charge < -0.3 is 20.1 Å². The van der Waals surface area contributed by atoms with Crippen LogP contribution in [0, 0.1) is 5.92 Å². The Kier molecular flexibility index (Phi) is 5.02. The van der Waals surface area contributed by atoms with Crippen molar-refractivity contribution in [2.45, 2.75) is 0 Å². The highest BCUT2D eigenvalue weighted by atomic mass is 35.5. The van der Waals surface area contributed by atoms with Crippen LogP contribution in [0.25, 0.3) is 0 Å². The Morgan fingerprint density at radius 3 is 2.54 bits per heavy atom. The van der Waals surface area contributed by atoms with Gasteiger partial charge in [0.25, 0.3) is 0 Å². The van der Waals surface area contributed by atoms with Gasteiger partial charge in [-0.05, 0) is 42.5 Å². The highest BCUT2D eigenvalue weighted by Gasteiger charge is 2.31. The number of amides is 2. The van der Waals surface area contributed by atoms with E-state index in [9.17, 15) is 9.90 Å². The van der Waals surface area contributed by atoms with E-state index in [4.69, 9.17) is 27.9 Å². The molecule has 1 fully saturated rings. The zero-order valence-corrected chi connectivity index (χ0v) is 14.2. The molecule has 0 unspecified atom stereocenters. The predicted molar refractivity (Wildman–Crippen MR) is 94.1 cm³/mol. The lowest BCUT2D eigenvalue weighted by Gasteiger charge is -2.38. The van der Waals surface area contributed by atoms with Gasteiger partial charge in [0.2, 0.25) is 0 Å². The van der Waals surface area contributed by atoms with Crippen LogP contribution in [0.1, 0.15) is 0 Å². The largest absolute Gasteiger partial charge is 0.508 e. The molecule has 126 valence electrons. The minimum absolute atomic E-state index is 0.172. The number of aromatic hydroxyl groups is 1. The number of phenolic OH excluding ortho intramolecular Hbond substituents is 1. The van der Waals surface area contributed by atoms with Gasteiger partial charge in [-0.1, -0.05) is 23.2 Å². The van der Waals surface area contributed by atoms with Crippen molar-refractivity contribution >= 4 is 34.9 Å². The molecule has 0 aromatic heterocycles. The lowest BCUT2D eigenvalue weighted by atomic mass is 10.0. The number of hydrogen-bond donors (Lipinski definition) is 2. The van der Waals surface area contributed by atoms with E-state index in [1.165, 1.54) is 0 Å². The second-order valence-electron chi connectivity index (χ2n) is 5.63. The maximum absolute atomic E-state index is 12.1. The minimum atomic E-state index is -0.172. The molecule has 0 atom stereocenters. The molecule has 1 heterocycles. The van der Waals surface area contributed by atoms with E-state index in [1.807, 2.05) is 0 Å². The molecule has 24 heavy (non-hydrogen) atoms. The Morgan fingerprint density at radius 1 is 1.17 bits per heavy atom. The molecule has 0 saturated carbocycles. The minimum Gasteiger partial charge on any atom is -0.508 e. The molecule has 1 saturated heterocycles. The first-order valence-electron chi connectivity index (χ1n) is 7.44. The van der Waals surface area contributed by atoms with E-state index in [0.29, 0.717) is 47.1 Å². The SMILES string of the molecule is O=C(Nc1ccc(Cl)c(Cl)c1)N1CC(COc2ccc(O)cc2)C1. The first kappa shape index (κ1) is 16.7. The van der Waals surface area contributed by atoms with Crippen molar-refractivity contribution in [1.29, 1.82) is 0 Å². The zero-order chi connectivity index (χ0) is 17.1. The second kappa shape index (κ2) is 7.20. The number of carbonyl (C=O) groups excluding carboxylic acids is 1.